The Balaban J connectivity index is 1.19. The minimum atomic E-state index is 0.836. The maximum absolute atomic E-state index is 6.73. The van der Waals surface area contributed by atoms with Gasteiger partial charge in [0.2, 0.25) is 0 Å². The number of fused-ring (bicyclic) bond motifs is 9. The van der Waals surface area contributed by atoms with E-state index in [-0.39, 0.29) is 0 Å². The van der Waals surface area contributed by atoms with E-state index in [0.29, 0.717) is 0 Å². The third kappa shape index (κ3) is 4.21. The first kappa shape index (κ1) is 28.8. The minimum Gasteiger partial charge on any atom is -0.455 e. The number of para-hydroxylation sites is 5. The van der Waals surface area contributed by atoms with Crippen molar-refractivity contribution in [2.75, 3.05) is 4.90 Å². The SMILES string of the molecule is c1ccc(-c2ccc(N(c3ccc(-n4c5ccccc5c5ccccc54)cc3)c3cccc4c3oc3ccccc34)c3c2oc2ccccc23)cc1. The molecule has 0 saturated heterocycles. The summed E-state index contributed by atoms with van der Waals surface area (Å²) in [6, 6.07) is 64.1. The first-order valence-corrected chi connectivity index (χ1v) is 17.6. The van der Waals surface area contributed by atoms with Gasteiger partial charge in [-0.1, -0.05) is 115 Å². The second kappa shape index (κ2) is 11.2. The van der Waals surface area contributed by atoms with E-state index in [0.717, 1.165) is 77.8 Å². The van der Waals surface area contributed by atoms with Gasteiger partial charge in [-0.05, 0) is 72.3 Å². The number of rotatable bonds is 5. The van der Waals surface area contributed by atoms with E-state index in [2.05, 4.69) is 167 Å². The highest BCUT2D eigenvalue weighted by Gasteiger charge is 2.25. The molecule has 0 aliphatic carbocycles. The van der Waals surface area contributed by atoms with Crippen LogP contribution in [0.3, 0.4) is 0 Å². The Morgan fingerprint density at radius 3 is 1.69 bits per heavy atom. The van der Waals surface area contributed by atoms with Crippen molar-refractivity contribution in [3.63, 3.8) is 0 Å². The van der Waals surface area contributed by atoms with Crippen LogP contribution in [-0.4, -0.2) is 4.57 Å². The van der Waals surface area contributed by atoms with Crippen LogP contribution in [-0.2, 0) is 0 Å². The lowest BCUT2D eigenvalue weighted by Gasteiger charge is -2.27. The maximum Gasteiger partial charge on any atom is 0.159 e. The van der Waals surface area contributed by atoms with Gasteiger partial charge in [-0.25, -0.2) is 0 Å². The van der Waals surface area contributed by atoms with E-state index in [9.17, 15) is 0 Å². The third-order valence-corrected chi connectivity index (χ3v) is 10.4. The topological polar surface area (TPSA) is 34.5 Å². The van der Waals surface area contributed by atoms with Crippen molar-refractivity contribution in [3.05, 3.63) is 182 Å². The molecule has 11 rings (SSSR count). The Kier molecular flexibility index (Phi) is 6.22. The molecule has 0 aliphatic rings. The monoisotopic (exact) mass is 666 g/mol. The van der Waals surface area contributed by atoms with Crippen LogP contribution in [0.15, 0.2) is 191 Å². The van der Waals surface area contributed by atoms with Gasteiger partial charge in [-0.15, -0.1) is 0 Å². The maximum atomic E-state index is 6.73. The molecule has 8 aromatic carbocycles. The van der Waals surface area contributed by atoms with Gasteiger partial charge in [0.25, 0.3) is 0 Å². The molecule has 0 fully saturated rings. The van der Waals surface area contributed by atoms with Crippen molar-refractivity contribution < 1.29 is 8.83 Å². The van der Waals surface area contributed by atoms with Gasteiger partial charge in [0.15, 0.2) is 5.58 Å². The van der Waals surface area contributed by atoms with E-state index in [1.54, 1.807) is 0 Å². The van der Waals surface area contributed by atoms with Crippen molar-refractivity contribution in [2.45, 2.75) is 0 Å². The average molecular weight is 667 g/mol. The summed E-state index contributed by atoms with van der Waals surface area (Å²) in [6.07, 6.45) is 0. The minimum absolute atomic E-state index is 0.836. The highest BCUT2D eigenvalue weighted by molar-refractivity contribution is 6.19. The van der Waals surface area contributed by atoms with Crippen LogP contribution >= 0.6 is 0 Å². The molecule has 0 saturated carbocycles. The zero-order chi connectivity index (χ0) is 34.2. The van der Waals surface area contributed by atoms with Crippen LogP contribution in [0.4, 0.5) is 17.1 Å². The summed E-state index contributed by atoms with van der Waals surface area (Å²) in [7, 11) is 0. The predicted octanol–water partition coefficient (Wildman–Crippen LogP) is 13.7. The number of anilines is 3. The quantitative estimate of drug-likeness (QED) is 0.183. The molecule has 0 bridgehead atoms. The zero-order valence-electron chi connectivity index (χ0n) is 28.0. The van der Waals surface area contributed by atoms with E-state index in [1.165, 1.54) is 21.8 Å². The summed E-state index contributed by atoms with van der Waals surface area (Å²) in [6.45, 7) is 0. The van der Waals surface area contributed by atoms with E-state index >= 15 is 0 Å². The van der Waals surface area contributed by atoms with Gasteiger partial charge in [0.1, 0.15) is 16.7 Å². The molecular weight excluding hydrogens is 637 g/mol. The van der Waals surface area contributed by atoms with Crippen molar-refractivity contribution in [1.29, 1.82) is 0 Å². The van der Waals surface area contributed by atoms with Crippen LogP contribution < -0.4 is 4.90 Å². The molecule has 3 aromatic heterocycles. The number of benzene rings is 8. The Hall–Kier alpha value is -7.04. The summed E-state index contributed by atoms with van der Waals surface area (Å²) in [5.41, 5.74) is 12.0. The van der Waals surface area contributed by atoms with Gasteiger partial charge < -0.3 is 18.3 Å². The molecule has 0 radical (unpaired) electrons. The molecule has 0 atom stereocenters. The van der Waals surface area contributed by atoms with Gasteiger partial charge in [-0.3, -0.25) is 0 Å². The average Bonchev–Trinajstić information content (AvgIpc) is 3.89. The number of hydrogen-bond acceptors (Lipinski definition) is 3. The highest BCUT2D eigenvalue weighted by Crippen LogP contribution is 2.48. The van der Waals surface area contributed by atoms with Crippen molar-refractivity contribution in [2.24, 2.45) is 0 Å². The Labute approximate surface area is 299 Å². The molecule has 4 heteroatoms. The smallest absolute Gasteiger partial charge is 0.159 e. The lowest BCUT2D eigenvalue weighted by molar-refractivity contribution is 0.668. The summed E-state index contributed by atoms with van der Waals surface area (Å²) >= 11 is 0. The van der Waals surface area contributed by atoms with Crippen LogP contribution in [0.1, 0.15) is 0 Å². The molecule has 0 aliphatic heterocycles. The van der Waals surface area contributed by atoms with Gasteiger partial charge in [0.05, 0.1) is 27.8 Å². The third-order valence-electron chi connectivity index (χ3n) is 10.4. The second-order valence-corrected chi connectivity index (χ2v) is 13.3. The summed E-state index contributed by atoms with van der Waals surface area (Å²) in [4.78, 5) is 2.33. The number of furan rings is 2. The number of nitrogens with zero attached hydrogens (tertiary/aromatic N) is 2. The van der Waals surface area contributed by atoms with Gasteiger partial charge in [-0.2, -0.15) is 0 Å². The zero-order valence-corrected chi connectivity index (χ0v) is 28.0. The fourth-order valence-corrected chi connectivity index (χ4v) is 8.11. The van der Waals surface area contributed by atoms with Crippen LogP contribution in [0.5, 0.6) is 0 Å². The Morgan fingerprint density at radius 1 is 0.385 bits per heavy atom. The molecule has 3 heterocycles. The molecule has 244 valence electrons. The Morgan fingerprint density at radius 2 is 0.962 bits per heavy atom. The molecule has 0 amide bonds. The molecule has 0 spiro atoms. The highest BCUT2D eigenvalue weighted by atomic mass is 16.3. The van der Waals surface area contributed by atoms with Crippen molar-refractivity contribution in [1.82, 2.24) is 4.57 Å². The molecule has 0 unspecified atom stereocenters. The molecular formula is C48H30N2O2. The lowest BCUT2D eigenvalue weighted by atomic mass is 9.99. The predicted molar refractivity (Wildman–Crippen MR) is 215 cm³/mol. The first-order valence-electron chi connectivity index (χ1n) is 17.6. The van der Waals surface area contributed by atoms with Crippen LogP contribution in [0.2, 0.25) is 0 Å². The van der Waals surface area contributed by atoms with Crippen LogP contribution in [0.25, 0.3) is 82.5 Å². The first-order chi connectivity index (χ1) is 25.8. The fraction of sp³-hybridized carbons (Fsp3) is 0. The van der Waals surface area contributed by atoms with E-state index in [4.69, 9.17) is 8.83 Å². The largest absolute Gasteiger partial charge is 0.455 e. The molecule has 4 nitrogen and oxygen atoms in total. The molecule has 52 heavy (non-hydrogen) atoms. The van der Waals surface area contributed by atoms with Gasteiger partial charge >= 0.3 is 0 Å². The van der Waals surface area contributed by atoms with Crippen molar-refractivity contribution >= 4 is 82.7 Å². The standard InChI is InChI=1S/C48H30N2O2/c1-2-13-31(14-3-1)34-29-30-42(46-39-18-7-11-24-45(39)52-48(34)46)50(43-22-12-19-38-37-17-6-10-23-44(37)51-47(38)43)33-27-25-32(26-28-33)49-40-20-8-4-15-35(40)36-16-5-9-21-41(36)49/h1-30H. The molecule has 0 N–H and O–H groups in total. The van der Waals surface area contributed by atoms with E-state index in [1.807, 2.05) is 24.3 Å². The summed E-state index contributed by atoms with van der Waals surface area (Å²) < 4.78 is 15.8. The van der Waals surface area contributed by atoms with E-state index < -0.39 is 0 Å². The molecule has 11 aromatic rings. The lowest BCUT2D eigenvalue weighted by Crippen LogP contribution is -2.11. The Bertz CT molecular complexity index is 3080. The van der Waals surface area contributed by atoms with Crippen LogP contribution in [0, 0.1) is 0 Å². The fourth-order valence-electron chi connectivity index (χ4n) is 8.11. The van der Waals surface area contributed by atoms with Gasteiger partial charge in [0, 0.05) is 43.9 Å². The second-order valence-electron chi connectivity index (χ2n) is 13.3. The summed E-state index contributed by atoms with van der Waals surface area (Å²) in [5, 5.41) is 6.78. The normalized spacial score (nSPS) is 11.8. The number of hydrogen-bond donors (Lipinski definition) is 0. The number of aromatic nitrogens is 1. The summed E-state index contributed by atoms with van der Waals surface area (Å²) in [5.74, 6) is 0. The van der Waals surface area contributed by atoms with Crippen molar-refractivity contribution in [3.8, 4) is 16.8 Å².